The van der Waals surface area contributed by atoms with Crippen molar-refractivity contribution < 1.29 is 22.8 Å². The number of alkyl halides is 3. The summed E-state index contributed by atoms with van der Waals surface area (Å²) in [5, 5.41) is 4.95. The van der Waals surface area contributed by atoms with Crippen molar-refractivity contribution in [2.45, 2.75) is 25.1 Å². The Hall–Kier alpha value is -2.39. The van der Waals surface area contributed by atoms with Crippen molar-refractivity contribution in [3.05, 3.63) is 18.0 Å². The molecule has 1 fully saturated rings. The van der Waals surface area contributed by atoms with Gasteiger partial charge in [-0.1, -0.05) is 0 Å². The fourth-order valence-corrected chi connectivity index (χ4v) is 2.36. The van der Waals surface area contributed by atoms with Crippen molar-refractivity contribution in [1.82, 2.24) is 20.2 Å². The summed E-state index contributed by atoms with van der Waals surface area (Å²) in [6.07, 6.45) is -2.36. The molecule has 1 aromatic heterocycles. The fraction of sp³-hybridized carbons (Fsp3) is 0.538. The highest BCUT2D eigenvalue weighted by Gasteiger charge is 2.34. The highest BCUT2D eigenvalue weighted by Crippen LogP contribution is 2.27. The van der Waals surface area contributed by atoms with Crippen LogP contribution in [0.3, 0.4) is 0 Å². The molecule has 0 spiro atoms. The van der Waals surface area contributed by atoms with Crippen LogP contribution in [0.15, 0.2) is 12.3 Å². The number of halogens is 3. The van der Waals surface area contributed by atoms with Crippen LogP contribution in [0.1, 0.15) is 18.5 Å². The minimum absolute atomic E-state index is 0.258. The predicted molar refractivity (Wildman–Crippen MR) is 74.3 cm³/mol. The first-order valence-corrected chi connectivity index (χ1v) is 6.98. The Morgan fingerprint density at radius 2 is 2.17 bits per heavy atom. The Balaban J connectivity index is 1.98. The van der Waals surface area contributed by atoms with Crippen LogP contribution in [0, 0.1) is 0 Å². The second-order valence-electron chi connectivity index (χ2n) is 4.98. The number of likely N-dealkylation sites (tertiary alicyclic amines) is 1. The lowest BCUT2D eigenvalue weighted by atomic mass is 10.2. The van der Waals surface area contributed by atoms with Crippen LogP contribution in [0.4, 0.5) is 19.1 Å². The first-order chi connectivity index (χ1) is 10.8. The highest BCUT2D eigenvalue weighted by molar-refractivity contribution is 5.89. The molecule has 0 aliphatic carbocycles. The summed E-state index contributed by atoms with van der Waals surface area (Å²) < 4.78 is 37.7. The number of hydrogen-bond acceptors (Lipinski definition) is 5. The van der Waals surface area contributed by atoms with Gasteiger partial charge in [0.2, 0.25) is 17.8 Å². The monoisotopic (exact) mass is 331 g/mol. The largest absolute Gasteiger partial charge is 0.433 e. The first kappa shape index (κ1) is 17.0. The van der Waals surface area contributed by atoms with Crippen LogP contribution in [-0.2, 0) is 15.8 Å². The van der Waals surface area contributed by atoms with E-state index in [4.69, 9.17) is 0 Å². The second kappa shape index (κ2) is 6.80. The summed E-state index contributed by atoms with van der Waals surface area (Å²) >= 11 is 0. The van der Waals surface area contributed by atoms with Gasteiger partial charge in [0.25, 0.3) is 0 Å². The van der Waals surface area contributed by atoms with E-state index in [1.807, 2.05) is 0 Å². The van der Waals surface area contributed by atoms with E-state index >= 15 is 0 Å². The molecule has 2 amide bonds. The number of nitrogens with zero attached hydrogens (tertiary/aromatic N) is 3. The average molecular weight is 331 g/mol. The van der Waals surface area contributed by atoms with Crippen LogP contribution in [-0.4, -0.2) is 52.9 Å². The zero-order valence-electron chi connectivity index (χ0n) is 12.4. The molecule has 0 radical (unpaired) electrons. The molecule has 23 heavy (non-hydrogen) atoms. The first-order valence-electron chi connectivity index (χ1n) is 6.98. The van der Waals surface area contributed by atoms with Crippen molar-refractivity contribution in [2.75, 3.05) is 25.5 Å². The molecule has 1 aliphatic heterocycles. The molecule has 0 aromatic carbocycles. The van der Waals surface area contributed by atoms with Crippen LogP contribution in [0.25, 0.3) is 0 Å². The molecule has 126 valence electrons. The number of likely N-dealkylation sites (N-methyl/N-ethyl adjacent to an activating group) is 1. The molecule has 2 rings (SSSR count). The van der Waals surface area contributed by atoms with E-state index in [1.165, 1.54) is 11.9 Å². The predicted octanol–water partition coefficient (Wildman–Crippen LogP) is 0.644. The molecule has 7 nitrogen and oxygen atoms in total. The van der Waals surface area contributed by atoms with Gasteiger partial charge >= 0.3 is 6.18 Å². The van der Waals surface area contributed by atoms with Gasteiger partial charge in [-0.05, 0) is 18.9 Å². The highest BCUT2D eigenvalue weighted by atomic mass is 19.4. The topological polar surface area (TPSA) is 87.2 Å². The van der Waals surface area contributed by atoms with Gasteiger partial charge in [-0.15, -0.1) is 0 Å². The number of carbonyl (C=O) groups excluding carboxylic acids is 2. The molecule has 1 saturated heterocycles. The molecule has 1 unspecified atom stereocenters. The molecule has 2 N–H and O–H groups in total. The number of carbonyl (C=O) groups is 2. The normalized spacial score (nSPS) is 17.9. The number of anilines is 1. The van der Waals surface area contributed by atoms with E-state index in [9.17, 15) is 22.8 Å². The van der Waals surface area contributed by atoms with Gasteiger partial charge < -0.3 is 15.5 Å². The van der Waals surface area contributed by atoms with E-state index in [1.54, 1.807) is 0 Å². The van der Waals surface area contributed by atoms with Crippen molar-refractivity contribution in [2.24, 2.45) is 0 Å². The molecule has 2 heterocycles. The molecule has 0 saturated carbocycles. The Kier molecular flexibility index (Phi) is 5.02. The molecular formula is C13H16F3N5O2. The molecule has 1 aromatic rings. The van der Waals surface area contributed by atoms with E-state index in [0.717, 1.165) is 12.3 Å². The zero-order chi connectivity index (χ0) is 17.0. The fourth-order valence-electron chi connectivity index (χ4n) is 2.36. The van der Waals surface area contributed by atoms with Gasteiger partial charge in [0.1, 0.15) is 11.7 Å². The smallest absolute Gasteiger partial charge is 0.357 e. The lowest BCUT2D eigenvalue weighted by Crippen LogP contribution is -2.46. The second-order valence-corrected chi connectivity index (χ2v) is 4.98. The van der Waals surface area contributed by atoms with E-state index < -0.39 is 23.8 Å². The summed E-state index contributed by atoms with van der Waals surface area (Å²) in [6.45, 7) is 0.150. The lowest BCUT2D eigenvalue weighted by molar-refractivity contribution is -0.141. The van der Waals surface area contributed by atoms with Gasteiger partial charge in [-0.3, -0.25) is 9.59 Å². The van der Waals surface area contributed by atoms with Gasteiger partial charge in [0.15, 0.2) is 0 Å². The lowest BCUT2D eigenvalue weighted by Gasteiger charge is -2.23. The summed E-state index contributed by atoms with van der Waals surface area (Å²) in [5.74, 6) is -0.938. The van der Waals surface area contributed by atoms with Crippen molar-refractivity contribution in [3.63, 3.8) is 0 Å². The van der Waals surface area contributed by atoms with E-state index in [-0.39, 0.29) is 18.4 Å². The Labute approximate surface area is 130 Å². The molecule has 10 heteroatoms. The van der Waals surface area contributed by atoms with Gasteiger partial charge in [0, 0.05) is 19.8 Å². The number of amides is 2. The summed E-state index contributed by atoms with van der Waals surface area (Å²) in [4.78, 5) is 32.2. The summed E-state index contributed by atoms with van der Waals surface area (Å²) in [6, 6.07) is 0.200. The Morgan fingerprint density at radius 3 is 2.83 bits per heavy atom. The van der Waals surface area contributed by atoms with Crippen molar-refractivity contribution in [1.29, 1.82) is 0 Å². The zero-order valence-corrected chi connectivity index (χ0v) is 12.4. The van der Waals surface area contributed by atoms with Crippen LogP contribution in [0.2, 0.25) is 0 Å². The number of rotatable bonds is 4. The molecular weight excluding hydrogens is 315 g/mol. The van der Waals surface area contributed by atoms with Gasteiger partial charge in [-0.2, -0.15) is 13.2 Å². The third-order valence-electron chi connectivity index (χ3n) is 3.47. The molecule has 1 aliphatic rings. The average Bonchev–Trinajstić information content (AvgIpc) is 3.01. The standard InChI is InChI=1S/C13H16F3N5O2/c1-17-11(23)8-3-2-6-21(8)10(22)7-19-12-18-5-4-9(20-12)13(14,15)16/h4-5,8H,2-3,6-7H2,1H3,(H,17,23)(H,18,19,20). The molecule has 1 atom stereocenters. The SMILES string of the molecule is CNC(=O)C1CCCN1C(=O)CNc1nccc(C(F)(F)F)n1. The molecule has 0 bridgehead atoms. The minimum Gasteiger partial charge on any atom is -0.357 e. The number of nitrogens with one attached hydrogen (secondary N) is 2. The summed E-state index contributed by atoms with van der Waals surface area (Å²) in [7, 11) is 1.48. The van der Waals surface area contributed by atoms with Crippen LogP contribution < -0.4 is 10.6 Å². The van der Waals surface area contributed by atoms with E-state index in [2.05, 4.69) is 20.6 Å². The quantitative estimate of drug-likeness (QED) is 0.846. The van der Waals surface area contributed by atoms with Crippen molar-refractivity contribution >= 4 is 17.8 Å². The minimum atomic E-state index is -4.58. The number of aromatic nitrogens is 2. The third kappa shape index (κ3) is 4.08. The van der Waals surface area contributed by atoms with E-state index in [0.29, 0.717) is 19.4 Å². The Bertz CT molecular complexity index is 593. The van der Waals surface area contributed by atoms with Crippen LogP contribution in [0.5, 0.6) is 0 Å². The number of hydrogen-bond donors (Lipinski definition) is 2. The Morgan fingerprint density at radius 1 is 1.43 bits per heavy atom. The van der Waals surface area contributed by atoms with Crippen molar-refractivity contribution in [3.8, 4) is 0 Å². The van der Waals surface area contributed by atoms with Gasteiger partial charge in [0.05, 0.1) is 6.54 Å². The maximum absolute atomic E-state index is 12.6. The maximum Gasteiger partial charge on any atom is 0.433 e. The van der Waals surface area contributed by atoms with Gasteiger partial charge in [-0.25, -0.2) is 9.97 Å². The summed E-state index contributed by atoms with van der Waals surface area (Å²) in [5.41, 5.74) is -1.09. The third-order valence-corrected chi connectivity index (χ3v) is 3.47. The van der Waals surface area contributed by atoms with Crippen LogP contribution >= 0.6 is 0 Å². The maximum atomic E-state index is 12.6.